The van der Waals surface area contributed by atoms with E-state index in [2.05, 4.69) is 32.9 Å². The second kappa shape index (κ2) is 4.02. The van der Waals surface area contributed by atoms with Gasteiger partial charge in [-0.05, 0) is 42.0 Å². The minimum atomic E-state index is 0.673. The minimum Gasteiger partial charge on any atom is -0.316 e. The summed E-state index contributed by atoms with van der Waals surface area (Å²) in [6, 6.07) is 0. The summed E-state index contributed by atoms with van der Waals surface area (Å²) in [6.45, 7) is 2.29. The van der Waals surface area contributed by atoms with E-state index in [9.17, 15) is 0 Å². The first kappa shape index (κ1) is 8.90. The highest BCUT2D eigenvalue weighted by Crippen LogP contribution is 2.27. The Morgan fingerprint density at radius 1 is 1.67 bits per heavy atom. The van der Waals surface area contributed by atoms with Crippen molar-refractivity contribution in [3.05, 3.63) is 14.1 Å². The van der Waals surface area contributed by atoms with E-state index in [1.165, 1.54) is 27.3 Å². The number of hydrogen-bond acceptors (Lipinski definition) is 3. The molecule has 1 N–H and O–H groups in total. The molecule has 66 valence electrons. The molecule has 0 aliphatic carbocycles. The number of aromatic nitrogens is 1. The van der Waals surface area contributed by atoms with Crippen molar-refractivity contribution in [1.29, 1.82) is 0 Å². The van der Waals surface area contributed by atoms with Gasteiger partial charge in [-0.2, -0.15) is 0 Å². The molecule has 1 unspecified atom stereocenters. The van der Waals surface area contributed by atoms with Crippen molar-refractivity contribution in [2.45, 2.75) is 18.8 Å². The van der Waals surface area contributed by atoms with Crippen molar-refractivity contribution in [2.24, 2.45) is 0 Å². The van der Waals surface area contributed by atoms with Gasteiger partial charge in [0.2, 0.25) is 0 Å². The lowest BCUT2D eigenvalue weighted by atomic mass is 10.0. The third kappa shape index (κ3) is 1.97. The van der Waals surface area contributed by atoms with Crippen LogP contribution < -0.4 is 5.32 Å². The molecule has 2 rings (SSSR count). The third-order valence-corrected chi connectivity index (χ3v) is 4.03. The van der Waals surface area contributed by atoms with Crippen molar-refractivity contribution in [1.82, 2.24) is 10.3 Å². The van der Waals surface area contributed by atoms with Crippen LogP contribution in [0.1, 0.15) is 23.8 Å². The van der Waals surface area contributed by atoms with Crippen LogP contribution in [0.4, 0.5) is 0 Å². The molecule has 12 heavy (non-hydrogen) atoms. The summed E-state index contributed by atoms with van der Waals surface area (Å²) < 4.78 is 1.30. The van der Waals surface area contributed by atoms with E-state index in [1.807, 2.05) is 17.5 Å². The van der Waals surface area contributed by atoms with E-state index in [0.717, 1.165) is 6.54 Å². The first-order valence-corrected chi connectivity index (χ1v) is 6.08. The van der Waals surface area contributed by atoms with Crippen LogP contribution in [0.5, 0.6) is 0 Å². The van der Waals surface area contributed by atoms with Gasteiger partial charge in [-0.25, -0.2) is 4.98 Å². The standard InChI is InChI=1S/C8H11IN2S/c9-7-5-11-8(12-7)6-2-1-3-10-4-6/h5-6,10H,1-4H2. The molecule has 2 heterocycles. The molecule has 2 nitrogen and oxygen atoms in total. The zero-order valence-corrected chi connectivity index (χ0v) is 9.69. The van der Waals surface area contributed by atoms with Crippen LogP contribution >= 0.6 is 33.9 Å². The summed E-state index contributed by atoms with van der Waals surface area (Å²) >= 11 is 4.16. The van der Waals surface area contributed by atoms with Gasteiger partial charge in [-0.1, -0.05) is 0 Å². The first-order chi connectivity index (χ1) is 5.86. The minimum absolute atomic E-state index is 0.673. The number of thiazole rings is 1. The van der Waals surface area contributed by atoms with E-state index < -0.39 is 0 Å². The number of nitrogens with one attached hydrogen (secondary N) is 1. The van der Waals surface area contributed by atoms with Crippen LogP contribution in [0.25, 0.3) is 0 Å². The lowest BCUT2D eigenvalue weighted by molar-refractivity contribution is 0.460. The van der Waals surface area contributed by atoms with Crippen LogP contribution in [0, 0.1) is 2.88 Å². The quantitative estimate of drug-likeness (QED) is 0.803. The highest BCUT2D eigenvalue weighted by atomic mass is 127. The van der Waals surface area contributed by atoms with E-state index in [4.69, 9.17) is 0 Å². The Balaban J connectivity index is 2.08. The molecule has 1 atom stereocenters. The molecule has 1 fully saturated rings. The Morgan fingerprint density at radius 2 is 2.58 bits per heavy atom. The maximum atomic E-state index is 4.41. The van der Waals surface area contributed by atoms with E-state index >= 15 is 0 Å². The summed E-state index contributed by atoms with van der Waals surface area (Å²) in [6.07, 6.45) is 4.56. The Hall–Kier alpha value is 0.320. The smallest absolute Gasteiger partial charge is 0.0979 e. The van der Waals surface area contributed by atoms with E-state index in [0.29, 0.717) is 5.92 Å². The van der Waals surface area contributed by atoms with Gasteiger partial charge < -0.3 is 5.32 Å². The number of halogens is 1. The van der Waals surface area contributed by atoms with Gasteiger partial charge in [0.15, 0.2) is 0 Å². The third-order valence-electron chi connectivity index (χ3n) is 2.14. The fraction of sp³-hybridized carbons (Fsp3) is 0.625. The molecule has 1 aromatic rings. The van der Waals surface area contributed by atoms with Gasteiger partial charge in [-0.15, -0.1) is 11.3 Å². The molecule has 0 spiro atoms. The average molecular weight is 294 g/mol. The maximum absolute atomic E-state index is 4.41. The Bertz CT molecular complexity index is 255. The molecule has 1 saturated heterocycles. The monoisotopic (exact) mass is 294 g/mol. The number of rotatable bonds is 1. The SMILES string of the molecule is Ic1cnc(C2CCCNC2)s1. The zero-order chi connectivity index (χ0) is 8.39. The summed E-state index contributed by atoms with van der Waals surface area (Å²) in [4.78, 5) is 4.41. The zero-order valence-electron chi connectivity index (χ0n) is 6.72. The fourth-order valence-electron chi connectivity index (χ4n) is 1.52. The second-order valence-corrected chi connectivity index (χ2v) is 6.00. The van der Waals surface area contributed by atoms with E-state index in [1.54, 1.807) is 0 Å². The highest BCUT2D eigenvalue weighted by Gasteiger charge is 2.17. The van der Waals surface area contributed by atoms with Crippen molar-refractivity contribution >= 4 is 33.9 Å². The summed E-state index contributed by atoms with van der Waals surface area (Å²) in [5, 5.41) is 4.72. The highest BCUT2D eigenvalue weighted by molar-refractivity contribution is 14.1. The maximum Gasteiger partial charge on any atom is 0.0979 e. The topological polar surface area (TPSA) is 24.9 Å². The Morgan fingerprint density at radius 3 is 3.17 bits per heavy atom. The molecule has 0 amide bonds. The number of piperidine rings is 1. The van der Waals surface area contributed by atoms with Crippen LogP contribution in [-0.4, -0.2) is 18.1 Å². The van der Waals surface area contributed by atoms with Gasteiger partial charge in [-0.3, -0.25) is 0 Å². The van der Waals surface area contributed by atoms with Gasteiger partial charge in [0.1, 0.15) is 0 Å². The van der Waals surface area contributed by atoms with Crippen molar-refractivity contribution in [2.75, 3.05) is 13.1 Å². The first-order valence-electron chi connectivity index (χ1n) is 4.18. The van der Waals surface area contributed by atoms with Gasteiger partial charge >= 0.3 is 0 Å². The molecule has 1 aliphatic heterocycles. The summed E-state index contributed by atoms with van der Waals surface area (Å²) in [7, 11) is 0. The molecule has 0 radical (unpaired) electrons. The predicted molar refractivity (Wildman–Crippen MR) is 59.7 cm³/mol. The normalized spacial score (nSPS) is 24.2. The lowest BCUT2D eigenvalue weighted by Gasteiger charge is -2.20. The number of hydrogen-bond donors (Lipinski definition) is 1. The summed E-state index contributed by atoms with van der Waals surface area (Å²) in [5.74, 6) is 0.673. The van der Waals surface area contributed by atoms with Gasteiger partial charge in [0.05, 0.1) is 14.1 Å². The van der Waals surface area contributed by atoms with Crippen LogP contribution in [0.3, 0.4) is 0 Å². The predicted octanol–water partition coefficient (Wildman–Crippen LogP) is 2.21. The second-order valence-electron chi connectivity index (χ2n) is 3.05. The van der Waals surface area contributed by atoms with Crippen LogP contribution in [0.2, 0.25) is 0 Å². The van der Waals surface area contributed by atoms with Crippen LogP contribution in [0.15, 0.2) is 6.20 Å². The number of nitrogens with zero attached hydrogens (tertiary/aromatic N) is 1. The van der Waals surface area contributed by atoms with Crippen molar-refractivity contribution in [3.8, 4) is 0 Å². The fourth-order valence-corrected chi connectivity index (χ4v) is 3.11. The summed E-state index contributed by atoms with van der Waals surface area (Å²) in [5.41, 5.74) is 0. The molecule has 0 aromatic carbocycles. The van der Waals surface area contributed by atoms with Crippen molar-refractivity contribution in [3.63, 3.8) is 0 Å². The molecule has 0 bridgehead atoms. The van der Waals surface area contributed by atoms with Gasteiger partial charge in [0, 0.05) is 12.5 Å². The molecule has 1 aliphatic rings. The molecule has 1 aromatic heterocycles. The Labute approximate surface area is 89.9 Å². The van der Waals surface area contributed by atoms with Gasteiger partial charge in [0.25, 0.3) is 0 Å². The van der Waals surface area contributed by atoms with Crippen LogP contribution in [-0.2, 0) is 0 Å². The largest absolute Gasteiger partial charge is 0.316 e. The molecule has 0 saturated carbocycles. The average Bonchev–Trinajstić information content (AvgIpc) is 2.54. The molecule has 4 heteroatoms. The molecular formula is C8H11IN2S. The van der Waals surface area contributed by atoms with E-state index in [-0.39, 0.29) is 0 Å². The Kier molecular flexibility index (Phi) is 2.98. The lowest BCUT2D eigenvalue weighted by Crippen LogP contribution is -2.28. The van der Waals surface area contributed by atoms with Crippen molar-refractivity contribution < 1.29 is 0 Å². The molecular weight excluding hydrogens is 283 g/mol.